The van der Waals surface area contributed by atoms with Crippen molar-refractivity contribution < 1.29 is 13.2 Å². The molecule has 0 aromatic carbocycles. The van der Waals surface area contributed by atoms with E-state index >= 15 is 0 Å². The molecule has 1 aromatic rings. The topological polar surface area (TPSA) is 93.4 Å². The van der Waals surface area contributed by atoms with Crippen molar-refractivity contribution in [2.24, 2.45) is 0 Å². The average molecular weight is 318 g/mol. The summed E-state index contributed by atoms with van der Waals surface area (Å²) < 4.78 is 23.5. The molecule has 1 unspecified atom stereocenters. The molecule has 1 aliphatic heterocycles. The Morgan fingerprint density at radius 1 is 1.60 bits per heavy atom. The highest BCUT2D eigenvalue weighted by Gasteiger charge is 2.33. The van der Waals surface area contributed by atoms with Crippen LogP contribution in [0.15, 0.2) is 12.3 Å². The van der Waals surface area contributed by atoms with E-state index in [1.807, 2.05) is 0 Å². The lowest BCUT2D eigenvalue weighted by Crippen LogP contribution is -2.36. The molecule has 1 atom stereocenters. The number of carbonyl (C=O) groups excluding carboxylic acids is 1. The standard InChI is InChI=1S/C12H16ClN3O3S/c1-16(7-9-3-2-4-20(9,18)19)12(17)8-5-10(13)11(14)15-6-8/h5-6,9H,2-4,7H2,1H3,(H2,14,15). The van der Waals surface area contributed by atoms with Gasteiger partial charge in [-0.25, -0.2) is 13.4 Å². The summed E-state index contributed by atoms with van der Waals surface area (Å²) in [6, 6.07) is 1.44. The molecular formula is C12H16ClN3O3S. The van der Waals surface area contributed by atoms with Gasteiger partial charge < -0.3 is 10.6 Å². The van der Waals surface area contributed by atoms with Crippen LogP contribution in [0.1, 0.15) is 23.2 Å². The number of carbonyl (C=O) groups is 1. The van der Waals surface area contributed by atoms with Crippen LogP contribution in [0.4, 0.5) is 5.82 Å². The van der Waals surface area contributed by atoms with E-state index in [1.165, 1.54) is 17.2 Å². The van der Waals surface area contributed by atoms with Crippen LogP contribution in [0, 0.1) is 0 Å². The van der Waals surface area contributed by atoms with Crippen LogP contribution >= 0.6 is 11.6 Å². The zero-order valence-corrected chi connectivity index (χ0v) is 12.6. The van der Waals surface area contributed by atoms with Gasteiger partial charge >= 0.3 is 0 Å². The third-order valence-corrected chi connectivity index (χ3v) is 5.96. The zero-order valence-electron chi connectivity index (χ0n) is 11.0. The van der Waals surface area contributed by atoms with E-state index in [1.54, 1.807) is 7.05 Å². The van der Waals surface area contributed by atoms with Gasteiger partial charge in [-0.1, -0.05) is 11.6 Å². The minimum atomic E-state index is -3.07. The molecule has 1 aromatic heterocycles. The average Bonchev–Trinajstić information content (AvgIpc) is 2.71. The van der Waals surface area contributed by atoms with Crippen molar-refractivity contribution in [2.45, 2.75) is 18.1 Å². The Hall–Kier alpha value is -1.34. The summed E-state index contributed by atoms with van der Waals surface area (Å²) in [4.78, 5) is 17.4. The molecule has 2 heterocycles. The SMILES string of the molecule is CN(CC1CCCS1(=O)=O)C(=O)c1cnc(N)c(Cl)c1. The van der Waals surface area contributed by atoms with Gasteiger partial charge in [0.05, 0.1) is 21.6 Å². The Morgan fingerprint density at radius 2 is 2.30 bits per heavy atom. The molecule has 6 nitrogen and oxygen atoms in total. The van der Waals surface area contributed by atoms with Crippen LogP contribution in [0.2, 0.25) is 5.02 Å². The second kappa shape index (κ2) is 5.57. The fourth-order valence-corrected chi connectivity index (χ4v) is 4.28. The highest BCUT2D eigenvalue weighted by molar-refractivity contribution is 7.92. The lowest BCUT2D eigenvalue weighted by Gasteiger charge is -2.20. The van der Waals surface area contributed by atoms with Crippen LogP contribution in [-0.2, 0) is 9.84 Å². The number of aromatic nitrogens is 1. The minimum absolute atomic E-state index is 0.157. The summed E-state index contributed by atoms with van der Waals surface area (Å²) in [6.07, 6.45) is 2.59. The van der Waals surface area contributed by atoms with Gasteiger partial charge in [0.25, 0.3) is 5.91 Å². The first-order valence-electron chi connectivity index (χ1n) is 6.19. The molecule has 1 aliphatic rings. The van der Waals surface area contributed by atoms with Crippen molar-refractivity contribution in [1.29, 1.82) is 0 Å². The lowest BCUT2D eigenvalue weighted by molar-refractivity contribution is 0.0794. The van der Waals surface area contributed by atoms with Gasteiger partial charge in [0, 0.05) is 19.8 Å². The first-order chi connectivity index (χ1) is 9.31. The highest BCUT2D eigenvalue weighted by Crippen LogP contribution is 2.22. The fourth-order valence-electron chi connectivity index (χ4n) is 2.24. The largest absolute Gasteiger partial charge is 0.382 e. The number of hydrogen-bond acceptors (Lipinski definition) is 5. The van der Waals surface area contributed by atoms with Crippen molar-refractivity contribution in [3.05, 3.63) is 22.8 Å². The Bertz CT molecular complexity index is 633. The van der Waals surface area contributed by atoms with Crippen molar-refractivity contribution in [1.82, 2.24) is 9.88 Å². The lowest BCUT2D eigenvalue weighted by atomic mass is 10.2. The number of pyridine rings is 1. The van der Waals surface area contributed by atoms with Crippen LogP contribution in [0.25, 0.3) is 0 Å². The van der Waals surface area contributed by atoms with Gasteiger partial charge in [0.15, 0.2) is 9.84 Å². The molecule has 0 bridgehead atoms. The first-order valence-corrected chi connectivity index (χ1v) is 8.28. The van der Waals surface area contributed by atoms with Gasteiger partial charge in [-0.15, -0.1) is 0 Å². The number of nitrogens with two attached hydrogens (primary N) is 1. The summed E-state index contributed by atoms with van der Waals surface area (Å²) in [5.41, 5.74) is 5.78. The molecule has 0 saturated carbocycles. The predicted octanol–water partition coefficient (Wildman–Crippen LogP) is 0.966. The summed E-state index contributed by atoms with van der Waals surface area (Å²) in [5.74, 6) is 0.0420. The molecule has 0 spiro atoms. The predicted molar refractivity (Wildman–Crippen MR) is 77.4 cm³/mol. The second-order valence-corrected chi connectivity index (χ2v) is 7.72. The van der Waals surface area contributed by atoms with E-state index in [-0.39, 0.29) is 29.0 Å². The minimum Gasteiger partial charge on any atom is -0.382 e. The molecular weight excluding hydrogens is 302 g/mol. The summed E-state index contributed by atoms with van der Waals surface area (Å²) in [6.45, 7) is 0.184. The van der Waals surface area contributed by atoms with E-state index in [2.05, 4.69) is 4.98 Å². The molecule has 110 valence electrons. The Labute approximate surface area is 122 Å². The third-order valence-electron chi connectivity index (χ3n) is 3.40. The number of hydrogen-bond donors (Lipinski definition) is 1. The van der Waals surface area contributed by atoms with Gasteiger partial charge in [0.2, 0.25) is 0 Å². The Balaban J connectivity index is 2.11. The molecule has 0 radical (unpaired) electrons. The Kier molecular flexibility index (Phi) is 4.19. The van der Waals surface area contributed by atoms with Crippen LogP contribution in [0.3, 0.4) is 0 Å². The summed E-state index contributed by atoms with van der Waals surface area (Å²) >= 11 is 5.82. The van der Waals surface area contributed by atoms with Crippen molar-refractivity contribution in [2.75, 3.05) is 25.1 Å². The monoisotopic (exact) mass is 317 g/mol. The number of anilines is 1. The second-order valence-electron chi connectivity index (χ2n) is 4.91. The van der Waals surface area contributed by atoms with Gasteiger partial charge in [-0.2, -0.15) is 0 Å². The Morgan fingerprint density at radius 3 is 2.85 bits per heavy atom. The van der Waals surface area contributed by atoms with Gasteiger partial charge in [-0.3, -0.25) is 4.79 Å². The normalized spacial score (nSPS) is 20.8. The van der Waals surface area contributed by atoms with Crippen molar-refractivity contribution in [3.8, 4) is 0 Å². The maximum Gasteiger partial charge on any atom is 0.255 e. The summed E-state index contributed by atoms with van der Waals surface area (Å²) in [7, 11) is -1.50. The molecule has 20 heavy (non-hydrogen) atoms. The van der Waals surface area contributed by atoms with Crippen molar-refractivity contribution in [3.63, 3.8) is 0 Å². The van der Waals surface area contributed by atoms with E-state index in [4.69, 9.17) is 17.3 Å². The molecule has 2 N–H and O–H groups in total. The van der Waals surface area contributed by atoms with E-state index < -0.39 is 15.1 Å². The smallest absolute Gasteiger partial charge is 0.255 e. The molecule has 8 heteroatoms. The van der Waals surface area contributed by atoms with Crippen LogP contribution in [-0.4, -0.2) is 48.8 Å². The number of nitrogens with zero attached hydrogens (tertiary/aromatic N) is 2. The third kappa shape index (κ3) is 3.04. The molecule has 1 amide bonds. The quantitative estimate of drug-likeness (QED) is 0.896. The summed E-state index contributed by atoms with van der Waals surface area (Å²) in [5, 5.41) is -0.272. The van der Waals surface area contributed by atoms with Gasteiger partial charge in [-0.05, 0) is 18.9 Å². The number of nitrogen functional groups attached to an aromatic ring is 1. The molecule has 1 fully saturated rings. The molecule has 1 saturated heterocycles. The first kappa shape index (κ1) is 15.1. The number of halogens is 1. The van der Waals surface area contributed by atoms with E-state index in [9.17, 15) is 13.2 Å². The van der Waals surface area contributed by atoms with Crippen LogP contribution < -0.4 is 5.73 Å². The fraction of sp³-hybridized carbons (Fsp3) is 0.500. The van der Waals surface area contributed by atoms with Crippen molar-refractivity contribution >= 4 is 33.2 Å². The maximum atomic E-state index is 12.2. The number of sulfone groups is 1. The maximum absolute atomic E-state index is 12.2. The van der Waals surface area contributed by atoms with Gasteiger partial charge in [0.1, 0.15) is 5.82 Å². The molecule has 2 rings (SSSR count). The number of amides is 1. The zero-order chi connectivity index (χ0) is 14.9. The molecule has 0 aliphatic carbocycles. The van der Waals surface area contributed by atoms with Crippen LogP contribution in [0.5, 0.6) is 0 Å². The van der Waals surface area contributed by atoms with E-state index in [0.717, 1.165) is 0 Å². The number of rotatable bonds is 3. The highest BCUT2D eigenvalue weighted by atomic mass is 35.5. The van der Waals surface area contributed by atoms with E-state index in [0.29, 0.717) is 18.4 Å².